The first-order valence-corrected chi connectivity index (χ1v) is 10.8. The van der Waals surface area contributed by atoms with Gasteiger partial charge in [-0.3, -0.25) is 4.79 Å². The number of hydrogen-bond donors (Lipinski definition) is 0. The number of fused-ring (bicyclic) bond motifs is 2. The largest absolute Gasteiger partial charge is 0.493 e. The van der Waals surface area contributed by atoms with Crippen LogP contribution in [0.2, 0.25) is 0 Å². The Balaban J connectivity index is 1.38. The van der Waals surface area contributed by atoms with Crippen molar-refractivity contribution in [2.24, 2.45) is 0 Å². The van der Waals surface area contributed by atoms with E-state index >= 15 is 0 Å². The molecule has 3 aromatic heterocycles. The van der Waals surface area contributed by atoms with E-state index in [1.807, 2.05) is 59.5 Å². The van der Waals surface area contributed by atoms with Crippen LogP contribution in [0.3, 0.4) is 0 Å². The summed E-state index contributed by atoms with van der Waals surface area (Å²) in [5, 5.41) is 5.77. The third kappa shape index (κ3) is 3.04. The molecule has 6 rings (SSSR count). The Morgan fingerprint density at radius 1 is 1.03 bits per heavy atom. The van der Waals surface area contributed by atoms with E-state index in [2.05, 4.69) is 23.6 Å². The van der Waals surface area contributed by atoms with Gasteiger partial charge in [0.1, 0.15) is 5.82 Å². The monoisotopic (exact) mass is 438 g/mol. The van der Waals surface area contributed by atoms with Crippen LogP contribution in [0.5, 0.6) is 5.75 Å². The lowest BCUT2D eigenvalue weighted by Crippen LogP contribution is -2.26. The van der Waals surface area contributed by atoms with Gasteiger partial charge in [0.2, 0.25) is 0 Å². The first-order chi connectivity index (χ1) is 16.1. The number of amides is 1. The lowest BCUT2D eigenvalue weighted by molar-refractivity contribution is 0.0719. The molecule has 0 radical (unpaired) electrons. The van der Waals surface area contributed by atoms with Gasteiger partial charge in [0.25, 0.3) is 5.91 Å². The molecule has 1 aliphatic heterocycles. The van der Waals surface area contributed by atoms with Crippen LogP contribution < -0.4 is 4.74 Å². The van der Waals surface area contributed by atoms with Gasteiger partial charge in [-0.05, 0) is 42.8 Å². The highest BCUT2D eigenvalue weighted by Crippen LogP contribution is 2.34. The van der Waals surface area contributed by atoms with Crippen LogP contribution in [0.1, 0.15) is 27.4 Å². The van der Waals surface area contributed by atoms with Gasteiger partial charge in [0.05, 0.1) is 31.6 Å². The smallest absolute Gasteiger partial charge is 0.290 e. The van der Waals surface area contributed by atoms with Crippen molar-refractivity contribution < 1.29 is 13.9 Å². The number of nitrogens with zero attached hydrogens (tertiary/aromatic N) is 4. The van der Waals surface area contributed by atoms with Crippen LogP contribution in [-0.4, -0.2) is 32.3 Å². The SMILES string of the molecule is COc1cccc2cc(C(=O)N3Cc4nn(-c5ccccc5C)c(-n5cccc5)c4C3)oc12. The van der Waals surface area contributed by atoms with Gasteiger partial charge >= 0.3 is 0 Å². The summed E-state index contributed by atoms with van der Waals surface area (Å²) in [6.07, 6.45) is 4.00. The first-order valence-electron chi connectivity index (χ1n) is 10.8. The molecule has 0 saturated heterocycles. The summed E-state index contributed by atoms with van der Waals surface area (Å²) in [5.41, 5.74) is 4.67. The zero-order chi connectivity index (χ0) is 22.5. The van der Waals surface area contributed by atoms with E-state index in [0.717, 1.165) is 33.7 Å². The fourth-order valence-corrected chi connectivity index (χ4v) is 4.51. The molecule has 0 atom stereocenters. The fourth-order valence-electron chi connectivity index (χ4n) is 4.51. The summed E-state index contributed by atoms with van der Waals surface area (Å²) in [7, 11) is 1.59. The van der Waals surface area contributed by atoms with Gasteiger partial charge in [-0.25, -0.2) is 4.68 Å². The number of ether oxygens (including phenoxy) is 1. The number of hydrogen-bond acceptors (Lipinski definition) is 4. The summed E-state index contributed by atoms with van der Waals surface area (Å²) < 4.78 is 15.3. The average molecular weight is 438 g/mol. The Kier molecular flexibility index (Phi) is 4.36. The summed E-state index contributed by atoms with van der Waals surface area (Å²) in [6.45, 7) is 2.96. The van der Waals surface area contributed by atoms with Gasteiger partial charge < -0.3 is 18.6 Å². The molecule has 0 fully saturated rings. The standard InChI is InChI=1S/C26H22N4O3/c1-17-8-3-4-10-21(17)30-25(28-12-5-6-13-28)19-15-29(16-20(19)27-30)26(31)23-14-18-9-7-11-22(32-2)24(18)33-23/h3-14H,15-16H2,1-2H3. The Morgan fingerprint density at radius 3 is 2.64 bits per heavy atom. The number of carbonyl (C=O) groups excluding carboxylic acids is 1. The van der Waals surface area contributed by atoms with Gasteiger partial charge in [-0.1, -0.05) is 30.3 Å². The highest BCUT2D eigenvalue weighted by Gasteiger charge is 2.33. The predicted octanol–water partition coefficient (Wildman–Crippen LogP) is 4.88. The van der Waals surface area contributed by atoms with Gasteiger partial charge in [-0.2, -0.15) is 5.10 Å². The summed E-state index contributed by atoms with van der Waals surface area (Å²) in [4.78, 5) is 15.1. The van der Waals surface area contributed by atoms with E-state index in [1.54, 1.807) is 18.1 Å². The zero-order valence-electron chi connectivity index (χ0n) is 18.4. The number of aryl methyl sites for hydroxylation is 1. The molecule has 164 valence electrons. The van der Waals surface area contributed by atoms with Gasteiger partial charge in [-0.15, -0.1) is 0 Å². The molecule has 1 amide bonds. The molecule has 7 heteroatoms. The van der Waals surface area contributed by atoms with Crippen molar-refractivity contribution in [3.63, 3.8) is 0 Å². The molecule has 0 aliphatic carbocycles. The number of furan rings is 1. The van der Waals surface area contributed by atoms with Crippen LogP contribution in [0.15, 0.2) is 77.5 Å². The summed E-state index contributed by atoms with van der Waals surface area (Å²) in [5.74, 6) is 1.70. The second-order valence-corrected chi connectivity index (χ2v) is 8.19. The molecule has 0 saturated carbocycles. The Bertz CT molecular complexity index is 1490. The zero-order valence-corrected chi connectivity index (χ0v) is 18.4. The molecular formula is C26H22N4O3. The topological polar surface area (TPSA) is 65.4 Å². The average Bonchev–Trinajstić information content (AvgIpc) is 3.61. The molecular weight excluding hydrogens is 416 g/mol. The van der Waals surface area contributed by atoms with Crippen molar-refractivity contribution >= 4 is 16.9 Å². The molecule has 0 unspecified atom stereocenters. The number of carbonyl (C=O) groups is 1. The number of rotatable bonds is 4. The van der Waals surface area contributed by atoms with Crippen LogP contribution in [-0.2, 0) is 13.1 Å². The molecule has 2 aromatic carbocycles. The van der Waals surface area contributed by atoms with Crippen LogP contribution in [0, 0.1) is 6.92 Å². The van der Waals surface area contributed by atoms with E-state index in [1.165, 1.54) is 0 Å². The lowest BCUT2D eigenvalue weighted by Gasteiger charge is -2.17. The van der Waals surface area contributed by atoms with Crippen molar-refractivity contribution in [2.75, 3.05) is 7.11 Å². The molecule has 0 spiro atoms. The second-order valence-electron chi connectivity index (χ2n) is 8.19. The normalized spacial score (nSPS) is 13.0. The highest BCUT2D eigenvalue weighted by atomic mass is 16.5. The number of benzene rings is 2. The lowest BCUT2D eigenvalue weighted by atomic mass is 10.2. The maximum absolute atomic E-state index is 13.3. The second kappa shape index (κ2) is 7.41. The van der Waals surface area contributed by atoms with Gasteiger partial charge in [0, 0.05) is 23.3 Å². The van der Waals surface area contributed by atoms with Crippen molar-refractivity contribution in [1.29, 1.82) is 0 Å². The Hall–Kier alpha value is -4.26. The molecule has 33 heavy (non-hydrogen) atoms. The van der Waals surface area contributed by atoms with Gasteiger partial charge in [0.15, 0.2) is 17.1 Å². The minimum Gasteiger partial charge on any atom is -0.493 e. The first kappa shape index (κ1) is 19.4. The molecule has 4 heterocycles. The van der Waals surface area contributed by atoms with Crippen molar-refractivity contribution in [3.05, 3.63) is 95.6 Å². The summed E-state index contributed by atoms with van der Waals surface area (Å²) in [6, 6.07) is 19.5. The Morgan fingerprint density at radius 2 is 1.85 bits per heavy atom. The predicted molar refractivity (Wildman–Crippen MR) is 124 cm³/mol. The van der Waals surface area contributed by atoms with Crippen LogP contribution in [0.25, 0.3) is 22.5 Å². The minimum atomic E-state index is -0.160. The molecule has 7 nitrogen and oxygen atoms in total. The number of para-hydroxylation sites is 2. The third-order valence-electron chi connectivity index (χ3n) is 6.15. The van der Waals surface area contributed by atoms with Crippen LogP contribution >= 0.6 is 0 Å². The highest BCUT2D eigenvalue weighted by molar-refractivity contribution is 5.97. The molecule has 0 bridgehead atoms. The summed E-state index contributed by atoms with van der Waals surface area (Å²) >= 11 is 0. The van der Waals surface area contributed by atoms with E-state index in [-0.39, 0.29) is 5.91 Å². The van der Waals surface area contributed by atoms with Crippen LogP contribution in [0.4, 0.5) is 0 Å². The number of aromatic nitrogens is 3. The maximum atomic E-state index is 13.3. The quantitative estimate of drug-likeness (QED) is 0.401. The third-order valence-corrected chi connectivity index (χ3v) is 6.15. The fraction of sp³-hybridized carbons (Fsp3) is 0.154. The van der Waals surface area contributed by atoms with E-state index in [9.17, 15) is 4.79 Å². The van der Waals surface area contributed by atoms with Crippen molar-refractivity contribution in [2.45, 2.75) is 20.0 Å². The van der Waals surface area contributed by atoms with E-state index in [4.69, 9.17) is 14.3 Å². The molecule has 1 aliphatic rings. The van der Waals surface area contributed by atoms with Crippen molar-refractivity contribution in [1.82, 2.24) is 19.2 Å². The number of methoxy groups -OCH3 is 1. The van der Waals surface area contributed by atoms with Crippen molar-refractivity contribution in [3.8, 4) is 17.3 Å². The van der Waals surface area contributed by atoms with E-state index in [0.29, 0.717) is 30.2 Å². The molecule has 0 N–H and O–H groups in total. The maximum Gasteiger partial charge on any atom is 0.290 e. The van der Waals surface area contributed by atoms with E-state index < -0.39 is 0 Å². The Labute approximate surface area is 190 Å². The minimum absolute atomic E-state index is 0.160. The molecule has 5 aromatic rings.